The zero-order chi connectivity index (χ0) is 26.5. The van der Waals surface area contributed by atoms with Crippen LogP contribution in [0, 0.1) is 13.8 Å². The van der Waals surface area contributed by atoms with Crippen molar-refractivity contribution in [2.75, 3.05) is 5.32 Å². The maximum Gasteiger partial charge on any atom is 0.433 e. The van der Waals surface area contributed by atoms with Crippen LogP contribution in [0.4, 0.5) is 18.9 Å². The highest BCUT2D eigenvalue weighted by Crippen LogP contribution is 2.44. The SMILES string of the molecule is CCn1cc(-c2cc(C(F)(F)F)nc3sc(C(N)=O)c(NC(=O)C(C)n4cc(Cl)c(C)n4)c23)c(C)n1. The fourth-order valence-electron chi connectivity index (χ4n) is 3.70. The van der Waals surface area contributed by atoms with E-state index in [4.69, 9.17) is 17.3 Å². The molecule has 0 bridgehead atoms. The van der Waals surface area contributed by atoms with E-state index < -0.39 is 29.7 Å². The molecule has 190 valence electrons. The molecule has 0 aliphatic rings. The summed E-state index contributed by atoms with van der Waals surface area (Å²) < 4.78 is 44.1. The summed E-state index contributed by atoms with van der Waals surface area (Å²) in [6.45, 7) is 7.23. The predicted octanol–water partition coefficient (Wildman–Crippen LogP) is 4.96. The second-order valence-corrected chi connectivity index (χ2v) is 9.50. The van der Waals surface area contributed by atoms with E-state index in [1.165, 1.54) is 10.9 Å². The molecular weight excluding hydrogens is 519 g/mol. The molecule has 1 unspecified atom stereocenters. The van der Waals surface area contributed by atoms with Crippen LogP contribution in [0.15, 0.2) is 18.5 Å². The monoisotopic (exact) mass is 539 g/mol. The zero-order valence-electron chi connectivity index (χ0n) is 19.6. The van der Waals surface area contributed by atoms with E-state index in [1.807, 2.05) is 6.92 Å². The van der Waals surface area contributed by atoms with Gasteiger partial charge in [-0.25, -0.2) is 4.98 Å². The average Bonchev–Trinajstić information content (AvgIpc) is 3.47. The molecule has 0 spiro atoms. The van der Waals surface area contributed by atoms with Gasteiger partial charge in [-0.1, -0.05) is 11.6 Å². The van der Waals surface area contributed by atoms with E-state index in [0.29, 0.717) is 39.9 Å². The first-order valence-electron chi connectivity index (χ1n) is 10.7. The normalized spacial score (nSPS) is 12.8. The van der Waals surface area contributed by atoms with Gasteiger partial charge in [-0.15, -0.1) is 11.3 Å². The Hall–Kier alpha value is -3.45. The number of thiophene rings is 1. The molecule has 0 saturated carbocycles. The Labute approximate surface area is 212 Å². The second kappa shape index (κ2) is 9.21. The molecule has 1 atom stereocenters. The summed E-state index contributed by atoms with van der Waals surface area (Å²) in [6, 6.07) is 0.0295. The summed E-state index contributed by atoms with van der Waals surface area (Å²) in [5.41, 5.74) is 5.90. The van der Waals surface area contributed by atoms with Crippen LogP contribution in [0.3, 0.4) is 0 Å². The largest absolute Gasteiger partial charge is 0.433 e. The molecular formula is C22H21ClF3N7O2S. The highest BCUT2D eigenvalue weighted by atomic mass is 35.5. The molecule has 4 aromatic heterocycles. The Morgan fingerprint density at radius 1 is 1.19 bits per heavy atom. The lowest BCUT2D eigenvalue weighted by molar-refractivity contribution is -0.140. The summed E-state index contributed by atoms with van der Waals surface area (Å²) in [5.74, 6) is -1.50. The van der Waals surface area contributed by atoms with Crippen LogP contribution in [0.25, 0.3) is 21.3 Å². The van der Waals surface area contributed by atoms with Gasteiger partial charge in [-0.2, -0.15) is 23.4 Å². The number of nitrogens with two attached hydrogens (primary N) is 1. The van der Waals surface area contributed by atoms with Crippen molar-refractivity contribution in [1.29, 1.82) is 0 Å². The Kier molecular flexibility index (Phi) is 6.56. The van der Waals surface area contributed by atoms with Crippen molar-refractivity contribution < 1.29 is 22.8 Å². The Balaban J connectivity index is 1.94. The number of carbonyl (C=O) groups is 2. The van der Waals surface area contributed by atoms with Crippen molar-refractivity contribution in [1.82, 2.24) is 24.5 Å². The number of pyridine rings is 1. The summed E-state index contributed by atoms with van der Waals surface area (Å²) in [4.78, 5) is 29.0. The Morgan fingerprint density at radius 2 is 1.89 bits per heavy atom. The smallest absolute Gasteiger partial charge is 0.365 e. The lowest BCUT2D eigenvalue weighted by Gasteiger charge is -2.15. The molecule has 36 heavy (non-hydrogen) atoms. The standard InChI is InChI=1S/C22H21ClF3N7O2S/c1-5-32-7-13(9(2)30-32)12-6-15(22(24,25)26)28-21-16(12)17(18(36-21)19(27)34)29-20(35)11(4)33-8-14(23)10(3)31-33/h6-8,11H,5H2,1-4H3,(H2,27,34)(H,29,35). The number of carbonyl (C=O) groups excluding carboxylic acids is 2. The van der Waals surface area contributed by atoms with Crippen molar-refractivity contribution in [3.05, 3.63) is 45.4 Å². The third-order valence-corrected chi connectivity index (χ3v) is 7.09. The van der Waals surface area contributed by atoms with Crippen LogP contribution < -0.4 is 11.1 Å². The first kappa shape index (κ1) is 25.6. The molecule has 9 nitrogen and oxygen atoms in total. The van der Waals surface area contributed by atoms with Gasteiger partial charge in [0.1, 0.15) is 21.4 Å². The van der Waals surface area contributed by atoms with E-state index in [1.54, 1.807) is 31.6 Å². The molecule has 0 fully saturated rings. The number of aromatic nitrogens is 5. The maximum atomic E-state index is 13.7. The van der Waals surface area contributed by atoms with Gasteiger partial charge in [0, 0.05) is 29.9 Å². The third kappa shape index (κ3) is 4.55. The van der Waals surface area contributed by atoms with Crippen LogP contribution in [-0.4, -0.2) is 36.4 Å². The van der Waals surface area contributed by atoms with Crippen molar-refractivity contribution in [2.45, 2.75) is 46.5 Å². The molecule has 2 amide bonds. The molecule has 0 saturated heterocycles. The summed E-state index contributed by atoms with van der Waals surface area (Å²) in [7, 11) is 0. The van der Waals surface area contributed by atoms with E-state index in [-0.39, 0.29) is 26.3 Å². The van der Waals surface area contributed by atoms with Crippen LogP contribution in [-0.2, 0) is 17.5 Å². The van der Waals surface area contributed by atoms with Gasteiger partial charge in [0.25, 0.3) is 5.91 Å². The number of anilines is 1. The van der Waals surface area contributed by atoms with Gasteiger partial charge in [0.2, 0.25) is 5.91 Å². The third-order valence-electron chi connectivity index (χ3n) is 5.62. The fourth-order valence-corrected chi connectivity index (χ4v) is 4.84. The average molecular weight is 540 g/mol. The van der Waals surface area contributed by atoms with Crippen molar-refractivity contribution in [3.63, 3.8) is 0 Å². The molecule has 0 aliphatic heterocycles. The maximum absolute atomic E-state index is 13.7. The number of rotatable bonds is 6. The first-order chi connectivity index (χ1) is 16.8. The van der Waals surface area contributed by atoms with Gasteiger partial charge in [-0.05, 0) is 39.3 Å². The minimum absolute atomic E-state index is 0.0193. The number of nitrogens with zero attached hydrogens (tertiary/aromatic N) is 5. The number of amides is 2. The van der Waals surface area contributed by atoms with Gasteiger partial charge < -0.3 is 11.1 Å². The van der Waals surface area contributed by atoms with Gasteiger partial charge in [-0.3, -0.25) is 19.0 Å². The lowest BCUT2D eigenvalue weighted by Crippen LogP contribution is -2.25. The second-order valence-electron chi connectivity index (χ2n) is 8.09. The number of aryl methyl sites for hydroxylation is 3. The number of fused-ring (bicyclic) bond motifs is 1. The van der Waals surface area contributed by atoms with Crippen LogP contribution in [0.2, 0.25) is 5.02 Å². The molecule has 4 heterocycles. The quantitative estimate of drug-likeness (QED) is 0.358. The first-order valence-corrected chi connectivity index (χ1v) is 11.9. The summed E-state index contributed by atoms with van der Waals surface area (Å²) >= 11 is 6.73. The van der Waals surface area contributed by atoms with Crippen LogP contribution >= 0.6 is 22.9 Å². The highest BCUT2D eigenvalue weighted by Gasteiger charge is 2.35. The molecule has 0 aromatic carbocycles. The number of halogens is 4. The Morgan fingerprint density at radius 3 is 2.42 bits per heavy atom. The van der Waals surface area contributed by atoms with Gasteiger partial charge in [0.05, 0.1) is 22.1 Å². The molecule has 4 rings (SSSR count). The van der Waals surface area contributed by atoms with E-state index in [9.17, 15) is 22.8 Å². The van der Waals surface area contributed by atoms with Gasteiger partial charge >= 0.3 is 6.18 Å². The van der Waals surface area contributed by atoms with Crippen molar-refractivity contribution in [3.8, 4) is 11.1 Å². The zero-order valence-corrected chi connectivity index (χ0v) is 21.1. The van der Waals surface area contributed by atoms with Crippen molar-refractivity contribution in [2.24, 2.45) is 5.73 Å². The summed E-state index contributed by atoms with van der Waals surface area (Å²) in [6.07, 6.45) is -1.66. The molecule has 0 aliphatic carbocycles. The van der Waals surface area contributed by atoms with E-state index >= 15 is 0 Å². The lowest BCUT2D eigenvalue weighted by atomic mass is 10.0. The Bertz CT molecular complexity index is 1490. The molecule has 4 aromatic rings. The highest BCUT2D eigenvalue weighted by molar-refractivity contribution is 7.21. The molecule has 3 N–H and O–H groups in total. The number of hydrogen-bond donors (Lipinski definition) is 2. The number of primary amides is 1. The number of alkyl halides is 3. The summed E-state index contributed by atoms with van der Waals surface area (Å²) in [5, 5.41) is 11.7. The topological polar surface area (TPSA) is 121 Å². The number of hydrogen-bond acceptors (Lipinski definition) is 6. The minimum atomic E-state index is -4.75. The van der Waals surface area contributed by atoms with Gasteiger partial charge in [0.15, 0.2) is 0 Å². The van der Waals surface area contributed by atoms with E-state index in [0.717, 1.165) is 6.07 Å². The van der Waals surface area contributed by atoms with Crippen molar-refractivity contribution >= 4 is 50.7 Å². The molecule has 14 heteroatoms. The van der Waals surface area contributed by atoms with E-state index in [2.05, 4.69) is 20.5 Å². The number of nitrogens with one attached hydrogen (secondary N) is 1. The van der Waals surface area contributed by atoms with Crippen LogP contribution in [0.5, 0.6) is 0 Å². The predicted molar refractivity (Wildman–Crippen MR) is 130 cm³/mol. The molecule has 0 radical (unpaired) electrons. The minimum Gasteiger partial charge on any atom is -0.365 e. The van der Waals surface area contributed by atoms with Crippen LogP contribution in [0.1, 0.15) is 46.6 Å². The fraction of sp³-hybridized carbons (Fsp3) is 0.318.